The van der Waals surface area contributed by atoms with E-state index in [2.05, 4.69) is 12.6 Å². The van der Waals surface area contributed by atoms with E-state index in [0.717, 1.165) is 19.3 Å². The van der Waals surface area contributed by atoms with Gasteiger partial charge < -0.3 is 0 Å². The van der Waals surface area contributed by atoms with Gasteiger partial charge in [-0.2, -0.15) is 12.6 Å². The van der Waals surface area contributed by atoms with Gasteiger partial charge in [0, 0.05) is 11.2 Å². The van der Waals surface area contributed by atoms with Crippen LogP contribution in [-0.2, 0) is 4.79 Å². The van der Waals surface area contributed by atoms with Crippen molar-refractivity contribution in [1.82, 2.24) is 0 Å². The number of carbonyl (C=O) groups is 1. The first kappa shape index (κ1) is 8.47. The van der Waals surface area contributed by atoms with Gasteiger partial charge in [0.15, 0.2) is 5.12 Å². The largest absolute Gasteiger partial charge is 0.287 e. The van der Waals surface area contributed by atoms with Crippen molar-refractivity contribution in [3.63, 3.8) is 0 Å². The first-order chi connectivity index (χ1) is 4.74. The third-order valence-corrected chi connectivity index (χ3v) is 3.14. The number of hydrogen-bond acceptors (Lipinski definition) is 3. The van der Waals surface area contributed by atoms with Crippen molar-refractivity contribution < 1.29 is 4.79 Å². The molecule has 0 aromatic carbocycles. The molecule has 0 N–H and O–H groups in total. The zero-order valence-corrected chi connectivity index (χ0v) is 7.75. The van der Waals surface area contributed by atoms with E-state index >= 15 is 0 Å². The second-order valence-corrected chi connectivity index (χ2v) is 4.23. The van der Waals surface area contributed by atoms with Crippen LogP contribution in [0, 0.1) is 5.92 Å². The first-order valence-corrected chi connectivity index (χ1v) is 5.24. The Kier molecular flexibility index (Phi) is 3.11. The molecule has 0 spiro atoms. The minimum Gasteiger partial charge on any atom is -0.287 e. The number of hydrogen-bond donors (Lipinski definition) is 1. The van der Waals surface area contributed by atoms with Crippen LogP contribution in [0.25, 0.3) is 0 Å². The van der Waals surface area contributed by atoms with Crippen LogP contribution in [0.3, 0.4) is 0 Å². The fourth-order valence-electron chi connectivity index (χ4n) is 1.34. The van der Waals surface area contributed by atoms with Gasteiger partial charge in [-0.05, 0) is 25.5 Å². The molecule has 0 radical (unpaired) electrons. The van der Waals surface area contributed by atoms with E-state index < -0.39 is 0 Å². The van der Waals surface area contributed by atoms with Crippen molar-refractivity contribution in [3.8, 4) is 0 Å². The molecule has 0 aliphatic heterocycles. The molecular weight excluding hydrogens is 164 g/mol. The topological polar surface area (TPSA) is 17.1 Å². The Morgan fingerprint density at radius 2 is 2.30 bits per heavy atom. The highest BCUT2D eigenvalue weighted by molar-refractivity contribution is 8.13. The summed E-state index contributed by atoms with van der Waals surface area (Å²) in [6, 6.07) is 0. The molecule has 58 valence electrons. The van der Waals surface area contributed by atoms with Gasteiger partial charge in [0.25, 0.3) is 0 Å². The Hall–Kier alpha value is 0.370. The van der Waals surface area contributed by atoms with E-state index in [1.54, 1.807) is 0 Å². The lowest BCUT2D eigenvalue weighted by Gasteiger charge is -2.03. The van der Waals surface area contributed by atoms with Crippen LogP contribution in [0.15, 0.2) is 0 Å². The predicted octanol–water partition coefficient (Wildman–Crippen LogP) is 1.97. The molecule has 0 bridgehead atoms. The molecule has 1 aliphatic carbocycles. The van der Waals surface area contributed by atoms with Gasteiger partial charge in [0.2, 0.25) is 0 Å². The monoisotopic (exact) mass is 176 g/mol. The van der Waals surface area contributed by atoms with E-state index in [1.165, 1.54) is 11.8 Å². The summed E-state index contributed by atoms with van der Waals surface area (Å²) >= 11 is 5.67. The van der Waals surface area contributed by atoms with Gasteiger partial charge in [-0.25, -0.2) is 0 Å². The van der Waals surface area contributed by atoms with Gasteiger partial charge in [-0.15, -0.1) is 0 Å². The summed E-state index contributed by atoms with van der Waals surface area (Å²) < 4.78 is 0. The SMILES string of the molecule is CSC(=O)[C@@H]1CC[C@H](S)C1. The zero-order valence-electron chi connectivity index (χ0n) is 6.04. The lowest BCUT2D eigenvalue weighted by atomic mass is 10.1. The van der Waals surface area contributed by atoms with E-state index in [4.69, 9.17) is 0 Å². The van der Waals surface area contributed by atoms with Crippen LogP contribution in [0.5, 0.6) is 0 Å². The Morgan fingerprint density at radius 1 is 1.60 bits per heavy atom. The van der Waals surface area contributed by atoms with Crippen molar-refractivity contribution in [3.05, 3.63) is 0 Å². The quantitative estimate of drug-likeness (QED) is 0.615. The van der Waals surface area contributed by atoms with Crippen molar-refractivity contribution >= 4 is 29.5 Å². The predicted molar refractivity (Wildman–Crippen MR) is 48.6 cm³/mol. The minimum absolute atomic E-state index is 0.303. The van der Waals surface area contributed by atoms with E-state index in [0.29, 0.717) is 16.3 Å². The van der Waals surface area contributed by atoms with Gasteiger partial charge >= 0.3 is 0 Å². The standard InChI is InChI=1S/C7H12OS2/c1-10-7(8)5-2-3-6(9)4-5/h5-6,9H,2-4H2,1H3/t5-,6+/m1/s1. The maximum absolute atomic E-state index is 11.1. The fraction of sp³-hybridized carbons (Fsp3) is 0.857. The summed E-state index contributed by atoms with van der Waals surface area (Å²) in [5.41, 5.74) is 0. The fourth-order valence-corrected chi connectivity index (χ4v) is 2.29. The number of thiol groups is 1. The molecule has 1 aliphatic rings. The summed E-state index contributed by atoms with van der Waals surface area (Å²) in [5.74, 6) is 0.303. The van der Waals surface area contributed by atoms with Gasteiger partial charge in [0.1, 0.15) is 0 Å². The molecule has 1 rings (SSSR count). The first-order valence-electron chi connectivity index (χ1n) is 3.50. The average Bonchev–Trinajstić information content (AvgIpc) is 2.34. The average molecular weight is 176 g/mol. The van der Waals surface area contributed by atoms with Crippen LogP contribution < -0.4 is 0 Å². The van der Waals surface area contributed by atoms with Crippen LogP contribution in [-0.4, -0.2) is 16.6 Å². The Balaban J connectivity index is 2.37. The normalized spacial score (nSPS) is 32.6. The van der Waals surface area contributed by atoms with Crippen LogP contribution >= 0.6 is 24.4 Å². The molecule has 0 aromatic rings. The molecule has 1 fully saturated rings. The Morgan fingerprint density at radius 3 is 2.70 bits per heavy atom. The molecule has 0 heterocycles. The second-order valence-electron chi connectivity index (χ2n) is 2.69. The van der Waals surface area contributed by atoms with Crippen LogP contribution in [0.4, 0.5) is 0 Å². The second kappa shape index (κ2) is 3.67. The summed E-state index contributed by atoms with van der Waals surface area (Å²) in [5, 5.41) is 0.817. The summed E-state index contributed by atoms with van der Waals surface area (Å²) in [7, 11) is 0. The maximum atomic E-state index is 11.1. The smallest absolute Gasteiger partial charge is 0.191 e. The molecule has 10 heavy (non-hydrogen) atoms. The molecule has 3 heteroatoms. The third kappa shape index (κ3) is 1.92. The van der Waals surface area contributed by atoms with Crippen molar-refractivity contribution in [2.75, 3.05) is 6.26 Å². The zero-order chi connectivity index (χ0) is 7.56. The summed E-state index contributed by atoms with van der Waals surface area (Å²) in [6.45, 7) is 0. The summed E-state index contributed by atoms with van der Waals surface area (Å²) in [4.78, 5) is 11.1. The van der Waals surface area contributed by atoms with Crippen molar-refractivity contribution in [2.45, 2.75) is 24.5 Å². The molecule has 0 saturated heterocycles. The maximum Gasteiger partial charge on any atom is 0.191 e. The van der Waals surface area contributed by atoms with Gasteiger partial charge in [-0.3, -0.25) is 4.79 Å². The van der Waals surface area contributed by atoms with Crippen molar-refractivity contribution in [1.29, 1.82) is 0 Å². The Bertz CT molecular complexity index is 136. The molecular formula is C7H12OS2. The molecule has 1 nitrogen and oxygen atoms in total. The van der Waals surface area contributed by atoms with E-state index in [1.807, 2.05) is 6.26 Å². The third-order valence-electron chi connectivity index (χ3n) is 1.94. The highest BCUT2D eigenvalue weighted by atomic mass is 32.2. The molecule has 0 aromatic heterocycles. The molecule has 0 amide bonds. The number of rotatable bonds is 1. The highest BCUT2D eigenvalue weighted by Crippen LogP contribution is 2.31. The lowest BCUT2D eigenvalue weighted by molar-refractivity contribution is -0.114. The molecule has 0 unspecified atom stereocenters. The molecule has 2 atom stereocenters. The van der Waals surface area contributed by atoms with E-state index in [-0.39, 0.29) is 0 Å². The minimum atomic E-state index is 0.303. The number of thioether (sulfide) groups is 1. The van der Waals surface area contributed by atoms with Gasteiger partial charge in [0.05, 0.1) is 0 Å². The lowest BCUT2D eigenvalue weighted by Crippen LogP contribution is -2.06. The van der Waals surface area contributed by atoms with Crippen LogP contribution in [0.2, 0.25) is 0 Å². The highest BCUT2D eigenvalue weighted by Gasteiger charge is 2.26. The summed E-state index contributed by atoms with van der Waals surface area (Å²) in [6.07, 6.45) is 5.00. The molecule has 1 saturated carbocycles. The van der Waals surface area contributed by atoms with Crippen molar-refractivity contribution in [2.24, 2.45) is 5.92 Å². The van der Waals surface area contributed by atoms with Crippen LogP contribution in [0.1, 0.15) is 19.3 Å². The number of carbonyl (C=O) groups excluding carboxylic acids is 1. The Labute approximate surface area is 71.4 Å². The van der Waals surface area contributed by atoms with E-state index in [9.17, 15) is 4.79 Å². The van der Waals surface area contributed by atoms with Gasteiger partial charge in [-0.1, -0.05) is 11.8 Å².